The molecule has 2 fully saturated rings. The van der Waals surface area contributed by atoms with Crippen molar-refractivity contribution in [3.05, 3.63) is 47.2 Å². The second-order valence-corrected chi connectivity index (χ2v) is 7.15. The molecule has 4 rings (SSSR count). The number of benzene rings is 1. The molecule has 0 unspecified atom stereocenters. The van der Waals surface area contributed by atoms with E-state index >= 15 is 0 Å². The van der Waals surface area contributed by atoms with E-state index < -0.39 is 0 Å². The van der Waals surface area contributed by atoms with E-state index in [0.29, 0.717) is 17.5 Å². The van der Waals surface area contributed by atoms with E-state index in [-0.39, 0.29) is 5.82 Å². The first-order valence-electron chi connectivity index (χ1n) is 9.37. The average molecular weight is 348 g/mol. The SMILES string of the molecule is N#Cc1cc(-c2ccc(C3CCOCC3)c([C@@H]3CCCN3)c2)cnc1N. The van der Waals surface area contributed by atoms with Crippen LogP contribution in [-0.2, 0) is 4.74 Å². The van der Waals surface area contributed by atoms with Crippen molar-refractivity contribution < 1.29 is 4.74 Å². The molecular weight excluding hydrogens is 324 g/mol. The molecule has 0 bridgehead atoms. The largest absolute Gasteiger partial charge is 0.383 e. The lowest BCUT2D eigenvalue weighted by Gasteiger charge is -2.27. The number of nitrogens with two attached hydrogens (primary N) is 1. The van der Waals surface area contributed by atoms with Gasteiger partial charge in [-0.05, 0) is 67.0 Å². The smallest absolute Gasteiger partial charge is 0.141 e. The van der Waals surface area contributed by atoms with E-state index in [4.69, 9.17) is 10.5 Å². The molecule has 2 aromatic rings. The zero-order valence-corrected chi connectivity index (χ0v) is 14.9. The molecule has 134 valence electrons. The van der Waals surface area contributed by atoms with Crippen LogP contribution in [-0.4, -0.2) is 24.7 Å². The molecule has 1 atom stereocenters. The van der Waals surface area contributed by atoms with Crippen LogP contribution < -0.4 is 11.1 Å². The van der Waals surface area contributed by atoms with E-state index in [1.807, 2.05) is 6.07 Å². The predicted molar refractivity (Wildman–Crippen MR) is 102 cm³/mol. The zero-order valence-electron chi connectivity index (χ0n) is 14.9. The van der Waals surface area contributed by atoms with Gasteiger partial charge in [0.1, 0.15) is 11.9 Å². The Bertz CT molecular complexity index is 830. The molecule has 0 aliphatic carbocycles. The van der Waals surface area contributed by atoms with Crippen molar-refractivity contribution in [3.63, 3.8) is 0 Å². The van der Waals surface area contributed by atoms with Crippen molar-refractivity contribution in [1.29, 1.82) is 5.26 Å². The molecule has 1 aromatic carbocycles. The molecule has 0 saturated carbocycles. The second kappa shape index (κ2) is 7.45. The highest BCUT2D eigenvalue weighted by Crippen LogP contribution is 2.37. The van der Waals surface area contributed by atoms with Crippen LogP contribution in [0.4, 0.5) is 5.82 Å². The molecule has 1 aromatic heterocycles. The number of nitrogens with one attached hydrogen (secondary N) is 1. The Morgan fingerprint density at radius 3 is 2.69 bits per heavy atom. The molecule has 26 heavy (non-hydrogen) atoms. The quantitative estimate of drug-likeness (QED) is 0.886. The summed E-state index contributed by atoms with van der Waals surface area (Å²) in [6.45, 7) is 2.76. The van der Waals surface area contributed by atoms with Crippen LogP contribution in [0.2, 0.25) is 0 Å². The van der Waals surface area contributed by atoms with Crippen LogP contribution in [0.15, 0.2) is 30.5 Å². The van der Waals surface area contributed by atoms with Crippen LogP contribution in [0.25, 0.3) is 11.1 Å². The third-order valence-electron chi connectivity index (χ3n) is 5.56. The summed E-state index contributed by atoms with van der Waals surface area (Å²) in [6.07, 6.45) is 6.31. The number of ether oxygens (including phenoxy) is 1. The molecule has 3 heterocycles. The predicted octanol–water partition coefficient (Wildman–Crippen LogP) is 3.52. The van der Waals surface area contributed by atoms with Crippen LogP contribution in [0, 0.1) is 11.3 Å². The first-order chi connectivity index (χ1) is 12.8. The molecule has 5 heteroatoms. The lowest BCUT2D eigenvalue weighted by molar-refractivity contribution is 0.0851. The number of anilines is 1. The highest BCUT2D eigenvalue weighted by Gasteiger charge is 2.25. The number of nitrogens with zero attached hydrogens (tertiary/aromatic N) is 2. The molecule has 0 radical (unpaired) electrons. The minimum atomic E-state index is 0.285. The number of pyridine rings is 1. The van der Waals surface area contributed by atoms with Gasteiger partial charge in [0, 0.05) is 31.0 Å². The van der Waals surface area contributed by atoms with E-state index in [0.717, 1.165) is 43.7 Å². The van der Waals surface area contributed by atoms with Gasteiger partial charge in [0.25, 0.3) is 0 Å². The van der Waals surface area contributed by atoms with Gasteiger partial charge < -0.3 is 15.8 Å². The molecule has 0 spiro atoms. The Labute approximate surface area is 154 Å². The average Bonchev–Trinajstić information content (AvgIpc) is 3.23. The van der Waals surface area contributed by atoms with E-state index in [9.17, 15) is 5.26 Å². The third kappa shape index (κ3) is 3.31. The summed E-state index contributed by atoms with van der Waals surface area (Å²) in [5, 5.41) is 12.9. The maximum absolute atomic E-state index is 9.24. The monoisotopic (exact) mass is 348 g/mol. The van der Waals surface area contributed by atoms with Crippen molar-refractivity contribution >= 4 is 5.82 Å². The fraction of sp³-hybridized carbons (Fsp3) is 0.429. The van der Waals surface area contributed by atoms with Gasteiger partial charge >= 0.3 is 0 Å². The lowest BCUT2D eigenvalue weighted by Crippen LogP contribution is -2.19. The van der Waals surface area contributed by atoms with Crippen molar-refractivity contribution in [3.8, 4) is 17.2 Å². The highest BCUT2D eigenvalue weighted by atomic mass is 16.5. The first kappa shape index (κ1) is 17.0. The molecule has 2 aliphatic rings. The van der Waals surface area contributed by atoms with E-state index in [1.54, 1.807) is 6.20 Å². The Morgan fingerprint density at radius 1 is 1.12 bits per heavy atom. The minimum Gasteiger partial charge on any atom is -0.383 e. The van der Waals surface area contributed by atoms with Gasteiger partial charge in [-0.25, -0.2) is 4.98 Å². The van der Waals surface area contributed by atoms with Crippen molar-refractivity contribution in [1.82, 2.24) is 10.3 Å². The van der Waals surface area contributed by atoms with Crippen molar-refractivity contribution in [2.45, 2.75) is 37.6 Å². The maximum Gasteiger partial charge on any atom is 0.141 e. The van der Waals surface area contributed by atoms with Crippen LogP contribution in [0.3, 0.4) is 0 Å². The molecular formula is C21H24N4O. The van der Waals surface area contributed by atoms with Crippen LogP contribution >= 0.6 is 0 Å². The van der Waals surface area contributed by atoms with Gasteiger partial charge in [0.2, 0.25) is 0 Å². The van der Waals surface area contributed by atoms with Gasteiger partial charge in [-0.15, -0.1) is 0 Å². The lowest BCUT2D eigenvalue weighted by atomic mass is 9.84. The number of hydrogen-bond acceptors (Lipinski definition) is 5. The molecule has 2 aliphatic heterocycles. The summed E-state index contributed by atoms with van der Waals surface area (Å²) < 4.78 is 5.55. The number of rotatable bonds is 3. The van der Waals surface area contributed by atoms with E-state index in [1.165, 1.54) is 24.0 Å². The Kier molecular flexibility index (Phi) is 4.87. The van der Waals surface area contributed by atoms with Gasteiger partial charge in [0.05, 0.1) is 5.56 Å². The Balaban J connectivity index is 1.75. The number of nitriles is 1. The standard InChI is InChI=1S/C21H24N4O/c22-12-16-10-17(13-25-21(16)23)15-3-4-18(14-5-8-26-9-6-14)19(11-15)20-2-1-7-24-20/h3-4,10-11,13-14,20,24H,1-2,5-9H2,(H2,23,25)/t20-/m0/s1. The summed E-state index contributed by atoms with van der Waals surface area (Å²) in [5.41, 5.74) is 11.1. The maximum atomic E-state index is 9.24. The number of hydrogen-bond donors (Lipinski definition) is 2. The van der Waals surface area contributed by atoms with Gasteiger partial charge in [-0.1, -0.05) is 12.1 Å². The fourth-order valence-electron chi connectivity index (χ4n) is 4.11. The third-order valence-corrected chi connectivity index (χ3v) is 5.56. The molecule has 0 amide bonds. The van der Waals surface area contributed by atoms with Gasteiger partial charge in [-0.3, -0.25) is 0 Å². The summed E-state index contributed by atoms with van der Waals surface area (Å²) in [4.78, 5) is 4.19. The normalized spacial score (nSPS) is 20.8. The fourth-order valence-corrected chi connectivity index (χ4v) is 4.11. The number of aromatic nitrogens is 1. The summed E-state index contributed by atoms with van der Waals surface area (Å²) in [6, 6.07) is 11.1. The number of nitrogen functional groups attached to an aromatic ring is 1. The van der Waals surface area contributed by atoms with Gasteiger partial charge in [-0.2, -0.15) is 5.26 Å². The van der Waals surface area contributed by atoms with Crippen LogP contribution in [0.1, 0.15) is 54.3 Å². The van der Waals surface area contributed by atoms with E-state index in [2.05, 4.69) is 34.6 Å². The first-order valence-corrected chi connectivity index (χ1v) is 9.37. The summed E-state index contributed by atoms with van der Waals surface area (Å²) in [7, 11) is 0. The second-order valence-electron chi connectivity index (χ2n) is 7.15. The molecule has 3 N–H and O–H groups in total. The molecule has 5 nitrogen and oxygen atoms in total. The van der Waals surface area contributed by atoms with Crippen molar-refractivity contribution in [2.24, 2.45) is 0 Å². The minimum absolute atomic E-state index is 0.285. The Morgan fingerprint density at radius 2 is 1.96 bits per heavy atom. The topological polar surface area (TPSA) is 84.0 Å². The van der Waals surface area contributed by atoms with Gasteiger partial charge in [0.15, 0.2) is 0 Å². The van der Waals surface area contributed by atoms with Crippen molar-refractivity contribution in [2.75, 3.05) is 25.5 Å². The zero-order chi connectivity index (χ0) is 17.9. The Hall–Kier alpha value is -2.42. The summed E-state index contributed by atoms with van der Waals surface area (Å²) in [5.74, 6) is 0.849. The summed E-state index contributed by atoms with van der Waals surface area (Å²) >= 11 is 0. The highest BCUT2D eigenvalue weighted by molar-refractivity contribution is 5.68. The molecule has 2 saturated heterocycles. The van der Waals surface area contributed by atoms with Crippen LogP contribution in [0.5, 0.6) is 0 Å².